The first-order valence-corrected chi connectivity index (χ1v) is 39.0. The summed E-state index contributed by atoms with van der Waals surface area (Å²) in [6.07, 6.45) is 6.46. The van der Waals surface area contributed by atoms with Gasteiger partial charge in [0.15, 0.2) is 0 Å². The number of hydroxylamine groups is 2. The molecule has 105 heavy (non-hydrogen) atoms. The smallest absolute Gasteiger partial charge is 0.395 e. The number of hydrogen-bond acceptors (Lipinski definition) is 28. The number of aliphatic hydroxyl groups excluding tert-OH is 8. The van der Waals surface area contributed by atoms with E-state index >= 15 is 0 Å². The number of aliphatic hydroxyl groups is 8. The molecule has 0 fully saturated rings. The molecule has 1 radical (unpaired) electrons. The number of rotatable bonds is 37. The van der Waals surface area contributed by atoms with Gasteiger partial charge in [-0.25, -0.2) is 53.7 Å². The molecule has 0 saturated heterocycles. The van der Waals surface area contributed by atoms with Crippen LogP contribution >= 0.6 is 61.7 Å². The molecule has 0 saturated carbocycles. The number of nitrogens with one attached hydrogen (secondary N) is 3. The van der Waals surface area contributed by atoms with E-state index in [9.17, 15) is 25.3 Å². The van der Waals surface area contributed by atoms with E-state index in [4.69, 9.17) is 90.2 Å². The van der Waals surface area contributed by atoms with Gasteiger partial charge in [-0.05, 0) is 80.5 Å². The maximum atomic E-state index is 11.1. The molecule has 9 rings (SSSR count). The summed E-state index contributed by atoms with van der Waals surface area (Å²) in [5.41, 5.74) is 5.78. The molecule has 0 amide bonds. The minimum absolute atomic E-state index is 0. The first kappa shape index (κ1) is 100. The Hall–Kier alpha value is -4.60. The van der Waals surface area contributed by atoms with Gasteiger partial charge in [0.05, 0.1) is 101 Å². The van der Waals surface area contributed by atoms with Gasteiger partial charge < -0.3 is 70.8 Å². The second-order valence-electron chi connectivity index (χ2n) is 22.4. The summed E-state index contributed by atoms with van der Waals surface area (Å²) in [6, 6.07) is 31.8. The van der Waals surface area contributed by atoms with Gasteiger partial charge in [0, 0.05) is 129 Å². The van der Waals surface area contributed by atoms with E-state index in [-0.39, 0.29) is 125 Å². The van der Waals surface area contributed by atoms with E-state index in [0.717, 1.165) is 73.6 Å². The van der Waals surface area contributed by atoms with Gasteiger partial charge in [-0.15, -0.1) is 49.6 Å². The molecule has 3 aromatic heterocycles. The molecule has 595 valence electrons. The third-order valence-corrected chi connectivity index (χ3v) is 18.1. The Morgan fingerprint density at radius 1 is 0.400 bits per heavy atom. The molecule has 0 atom stereocenters. The van der Waals surface area contributed by atoms with Crippen molar-refractivity contribution in [3.63, 3.8) is 0 Å². The van der Waals surface area contributed by atoms with E-state index < -0.39 is 30.1 Å². The molecule has 2 aliphatic rings. The van der Waals surface area contributed by atoms with E-state index in [2.05, 4.69) is 14.2 Å². The van der Waals surface area contributed by atoms with Crippen molar-refractivity contribution in [3.05, 3.63) is 97.1 Å². The van der Waals surface area contributed by atoms with Crippen LogP contribution in [-0.4, -0.2) is 309 Å². The van der Waals surface area contributed by atoms with Crippen molar-refractivity contribution in [3.8, 4) is 45.6 Å². The fourth-order valence-electron chi connectivity index (χ4n) is 10.2. The second-order valence-corrected chi connectivity index (χ2v) is 28.6. The van der Waals surface area contributed by atoms with Crippen molar-refractivity contribution >= 4 is 136 Å². The van der Waals surface area contributed by atoms with Crippen molar-refractivity contribution in [2.45, 2.75) is 25.7 Å². The first-order valence-electron chi connectivity index (χ1n) is 32.4. The molecule has 32 nitrogen and oxygen atoms in total. The molecule has 12 N–H and O–H groups in total. The normalized spacial score (nSPS) is 11.5. The van der Waals surface area contributed by atoms with Gasteiger partial charge in [-0.2, -0.15) is 0 Å². The van der Waals surface area contributed by atoms with Crippen molar-refractivity contribution in [1.29, 1.82) is 0 Å². The Morgan fingerprint density at radius 3 is 0.905 bits per heavy atom. The molecule has 0 spiro atoms. The maximum absolute atomic E-state index is 11.1. The molecular weight excluding hydrogens is 1580 g/mol. The Kier molecular flexibility index (Phi) is 51.7. The predicted molar refractivity (Wildman–Crippen MR) is 416 cm³/mol. The van der Waals surface area contributed by atoms with Gasteiger partial charge >= 0.3 is 17.1 Å². The second kappa shape index (κ2) is 54.1. The number of benzene rings is 4. The number of sulfonamides is 3. The van der Waals surface area contributed by atoms with Crippen LogP contribution in [0.4, 0.5) is 0 Å². The first-order chi connectivity index (χ1) is 48.1. The van der Waals surface area contributed by atoms with Crippen LogP contribution in [0.25, 0.3) is 89.7 Å². The van der Waals surface area contributed by atoms with Crippen molar-refractivity contribution in [2.75, 3.05) is 183 Å². The molecule has 4 aromatic carbocycles. The molecule has 8 bridgehead atoms. The van der Waals surface area contributed by atoms with Crippen LogP contribution in [0.1, 0.15) is 25.7 Å². The Balaban J connectivity index is 0.00000142. The molecule has 0 unspecified atom stereocenters. The standard InChI is InChI=1S/C32H16N8.4C8H20N2O4S.4ClH.Cu/c1-2-10-18-17(9-1)25-33-26(18)38-28-21-13-5-6-14-22(21)30(35-28)40-32-24-16-8-7-15-23(24)31(36-32)39-29-20-12-4-3-11-19(20)27(34-29)37-25;1-9-15(13,14)8-2-3-10(4-6-11)5-7-12;2*1-15(13,14)9-3-2-4-10(5-7-11)6-8-12;1-15-14-10(13)4-2-3-9(5-7-11)6-8-12;;;;;/h1-16H;3*9,11-12H,2-8H2,1H3;11-13H,2-8H2,1H3;4*1H;/q-2;;;;;;;;;+2. The van der Waals surface area contributed by atoms with Gasteiger partial charge in [-0.3, -0.25) is 24.8 Å². The van der Waals surface area contributed by atoms with E-state index in [1.807, 2.05) is 117 Å². The minimum atomic E-state index is -3.15. The minimum Gasteiger partial charge on any atom is -0.395 e. The third-order valence-electron chi connectivity index (χ3n) is 14.9. The average Bonchev–Trinajstić information content (AvgIpc) is 1.61. The molecular formula is C64H100Cl4CuN16O16S4. The van der Waals surface area contributed by atoms with Gasteiger partial charge in [-0.1, -0.05) is 102 Å². The number of aromatic nitrogens is 8. The average molecular weight is 1680 g/mol. The summed E-state index contributed by atoms with van der Waals surface area (Å²) in [4.78, 5) is 46.8. The zero-order valence-corrected chi connectivity index (χ0v) is 66.3. The van der Waals surface area contributed by atoms with Gasteiger partial charge in [0.2, 0.25) is 30.1 Å². The Morgan fingerprint density at radius 2 is 0.657 bits per heavy atom. The molecule has 5 heterocycles. The Bertz CT molecular complexity index is 3730. The SMILES string of the molecule is CNS(=O)(=O)CCCN(CCO)CCO.CS(=O)(=O)NCCCN(CCO)CCO.CS(=O)(=O)NCCCN(CCO)CCO.CSON(O)CCCN(CCO)CCO.Cl.Cl.Cl.Cl.[Cu+2].c1ccc2c(c1)-c1nc-2nc2[n-]c(nc3nc(nc4[n-]c(n1)c1ccccc41)-c1ccccc1-3)c1ccccc21. The van der Waals surface area contributed by atoms with E-state index in [1.165, 1.54) is 7.05 Å². The van der Waals surface area contributed by atoms with Crippen LogP contribution in [0.5, 0.6) is 0 Å². The van der Waals surface area contributed by atoms with Crippen LogP contribution in [0.2, 0.25) is 0 Å². The number of hydrogen-bond donors (Lipinski definition) is 12. The monoisotopic (exact) mass is 1680 g/mol. The van der Waals surface area contributed by atoms with Crippen LogP contribution in [0.3, 0.4) is 0 Å². The van der Waals surface area contributed by atoms with Crippen LogP contribution in [-0.2, 0) is 51.4 Å². The maximum Gasteiger partial charge on any atom is 2.00 e. The topological polar surface area (TPSA) is 452 Å². The summed E-state index contributed by atoms with van der Waals surface area (Å²) >= 11 is 1.07. The van der Waals surface area contributed by atoms with Crippen LogP contribution < -0.4 is 24.1 Å². The van der Waals surface area contributed by atoms with Crippen LogP contribution in [0, 0.1) is 0 Å². The third kappa shape index (κ3) is 35.8. The van der Waals surface area contributed by atoms with Crippen molar-refractivity contribution in [1.82, 2.24) is 78.9 Å². The van der Waals surface area contributed by atoms with Crippen molar-refractivity contribution in [2.24, 2.45) is 0 Å². The molecule has 2 aliphatic heterocycles. The molecule has 7 aromatic rings. The largest absolute Gasteiger partial charge is 2.00 e. The van der Waals surface area contributed by atoms with E-state index in [1.54, 1.807) is 6.26 Å². The molecule has 41 heteroatoms. The summed E-state index contributed by atoms with van der Waals surface area (Å²) in [5, 5.41) is 83.2. The quantitative estimate of drug-likeness (QED) is 0.0115. The van der Waals surface area contributed by atoms with Gasteiger partial charge in [0.25, 0.3) is 0 Å². The number of halogens is 4. The van der Waals surface area contributed by atoms with Crippen molar-refractivity contribution < 1.29 is 92.7 Å². The zero-order valence-electron chi connectivity index (χ0n) is 58.8. The summed E-state index contributed by atoms with van der Waals surface area (Å²) < 4.78 is 76.8. The zero-order chi connectivity index (χ0) is 72.9. The summed E-state index contributed by atoms with van der Waals surface area (Å²) in [6.45, 7) is 8.06. The van der Waals surface area contributed by atoms with Gasteiger partial charge in [0.1, 0.15) is 0 Å². The fraction of sp³-hybridized carbons (Fsp3) is 0.500. The summed E-state index contributed by atoms with van der Waals surface area (Å²) in [7, 11) is -7.99. The van der Waals surface area contributed by atoms with Crippen LogP contribution in [0.15, 0.2) is 97.1 Å². The number of nitrogens with zero attached hydrogens (tertiary/aromatic N) is 13. The fourth-order valence-corrected chi connectivity index (χ4v) is 12.2. The predicted octanol–water partition coefficient (Wildman–Crippen LogP) is 2.01. The number of fused-ring (bicyclic) bond motifs is 20. The van der Waals surface area contributed by atoms with E-state index in [0.29, 0.717) is 170 Å². The summed E-state index contributed by atoms with van der Waals surface area (Å²) in [5.74, 6) is 2.27. The Labute approximate surface area is 653 Å². The molecule has 0 aliphatic carbocycles.